The van der Waals surface area contributed by atoms with Crippen molar-refractivity contribution in [3.8, 4) is 0 Å². The van der Waals surface area contributed by atoms with Gasteiger partial charge >= 0.3 is 0 Å². The number of anilines is 1. The van der Waals surface area contributed by atoms with Gasteiger partial charge in [-0.15, -0.1) is 0 Å². The fourth-order valence-electron chi connectivity index (χ4n) is 1.92. The van der Waals surface area contributed by atoms with E-state index in [2.05, 4.69) is 34.1 Å². The van der Waals surface area contributed by atoms with Crippen molar-refractivity contribution >= 4 is 15.7 Å². The molecule has 1 heterocycles. The summed E-state index contributed by atoms with van der Waals surface area (Å²) >= 11 is 0. The predicted octanol–water partition coefficient (Wildman–Crippen LogP) is 2.27. The number of sulfonamides is 1. The van der Waals surface area contributed by atoms with Crippen molar-refractivity contribution in [2.24, 2.45) is 0 Å². The lowest BCUT2D eigenvalue weighted by Gasteiger charge is -2.14. The van der Waals surface area contributed by atoms with E-state index < -0.39 is 10.0 Å². The SMILES string of the molecule is CCCNC(C)c1ccc(NS(=O)(=O)c2ccn[nH]2)cc1. The van der Waals surface area contributed by atoms with E-state index >= 15 is 0 Å². The number of benzene rings is 1. The van der Waals surface area contributed by atoms with E-state index in [9.17, 15) is 8.42 Å². The largest absolute Gasteiger partial charge is 0.310 e. The summed E-state index contributed by atoms with van der Waals surface area (Å²) in [6, 6.07) is 8.99. The van der Waals surface area contributed by atoms with Gasteiger partial charge in [-0.3, -0.25) is 9.82 Å². The zero-order valence-corrected chi connectivity index (χ0v) is 12.9. The van der Waals surface area contributed by atoms with Crippen LogP contribution >= 0.6 is 0 Å². The quantitative estimate of drug-likeness (QED) is 0.732. The average molecular weight is 308 g/mol. The average Bonchev–Trinajstić information content (AvgIpc) is 3.00. The molecule has 1 unspecified atom stereocenters. The monoisotopic (exact) mass is 308 g/mol. The number of aromatic nitrogens is 2. The Bertz CT molecular complexity index is 651. The van der Waals surface area contributed by atoms with E-state index in [1.807, 2.05) is 12.1 Å². The molecule has 0 saturated carbocycles. The predicted molar refractivity (Wildman–Crippen MR) is 82.5 cm³/mol. The van der Waals surface area contributed by atoms with Crippen molar-refractivity contribution < 1.29 is 8.42 Å². The molecule has 1 aromatic heterocycles. The third kappa shape index (κ3) is 4.05. The lowest BCUT2D eigenvalue weighted by molar-refractivity contribution is 0.571. The lowest BCUT2D eigenvalue weighted by Crippen LogP contribution is -2.19. The second-order valence-corrected chi connectivity index (χ2v) is 6.48. The summed E-state index contributed by atoms with van der Waals surface area (Å²) in [7, 11) is -3.60. The Labute approximate surface area is 125 Å². The number of nitrogens with zero attached hydrogens (tertiary/aromatic N) is 1. The molecular weight excluding hydrogens is 288 g/mol. The van der Waals surface area contributed by atoms with Gasteiger partial charge in [0.15, 0.2) is 5.03 Å². The normalized spacial score (nSPS) is 13.0. The lowest BCUT2D eigenvalue weighted by atomic mass is 10.1. The van der Waals surface area contributed by atoms with Crippen LogP contribution in [0.15, 0.2) is 41.6 Å². The van der Waals surface area contributed by atoms with Crippen LogP contribution in [0.5, 0.6) is 0 Å². The van der Waals surface area contributed by atoms with Crippen LogP contribution in [-0.2, 0) is 10.0 Å². The molecule has 2 rings (SSSR count). The second-order valence-electron chi connectivity index (χ2n) is 4.82. The summed E-state index contributed by atoms with van der Waals surface area (Å²) in [5.41, 5.74) is 1.64. The van der Waals surface area contributed by atoms with Gasteiger partial charge in [0.25, 0.3) is 10.0 Å². The number of hydrogen-bond acceptors (Lipinski definition) is 4. The van der Waals surface area contributed by atoms with Gasteiger partial charge in [0, 0.05) is 11.7 Å². The van der Waals surface area contributed by atoms with Gasteiger partial charge in [-0.1, -0.05) is 19.1 Å². The number of rotatable bonds is 7. The topological polar surface area (TPSA) is 86.9 Å². The molecule has 0 spiro atoms. The summed E-state index contributed by atoms with van der Waals surface area (Å²) in [5.74, 6) is 0. The molecule has 0 aliphatic heterocycles. The minimum absolute atomic E-state index is 0.0459. The molecule has 1 atom stereocenters. The van der Waals surface area contributed by atoms with E-state index in [0.717, 1.165) is 18.5 Å². The van der Waals surface area contributed by atoms with Gasteiger partial charge in [0.2, 0.25) is 0 Å². The molecule has 114 valence electrons. The molecule has 0 amide bonds. The van der Waals surface area contributed by atoms with E-state index in [4.69, 9.17) is 0 Å². The smallest absolute Gasteiger partial charge is 0.278 e. The van der Waals surface area contributed by atoms with Crippen LogP contribution in [0.1, 0.15) is 31.9 Å². The fourth-order valence-corrected chi connectivity index (χ4v) is 2.89. The van der Waals surface area contributed by atoms with Crippen LogP contribution in [0, 0.1) is 0 Å². The first-order chi connectivity index (χ1) is 10.0. The van der Waals surface area contributed by atoms with Crippen molar-refractivity contribution in [3.63, 3.8) is 0 Å². The van der Waals surface area contributed by atoms with Gasteiger partial charge in [0.1, 0.15) is 0 Å². The number of nitrogens with one attached hydrogen (secondary N) is 3. The molecule has 3 N–H and O–H groups in total. The Balaban J connectivity index is 2.06. The van der Waals surface area contributed by atoms with Crippen molar-refractivity contribution in [1.82, 2.24) is 15.5 Å². The number of H-pyrrole nitrogens is 1. The van der Waals surface area contributed by atoms with E-state index in [1.165, 1.54) is 12.3 Å². The molecule has 21 heavy (non-hydrogen) atoms. The van der Waals surface area contributed by atoms with Crippen LogP contribution in [0.25, 0.3) is 0 Å². The summed E-state index contributed by atoms with van der Waals surface area (Å²) < 4.78 is 26.6. The summed E-state index contributed by atoms with van der Waals surface area (Å²) in [6.45, 7) is 5.15. The molecule has 0 fully saturated rings. The number of aromatic amines is 1. The molecule has 0 aliphatic carbocycles. The number of hydrogen-bond donors (Lipinski definition) is 3. The van der Waals surface area contributed by atoms with Gasteiger partial charge in [-0.25, -0.2) is 0 Å². The minimum Gasteiger partial charge on any atom is -0.310 e. The minimum atomic E-state index is -3.60. The zero-order valence-electron chi connectivity index (χ0n) is 12.1. The standard InChI is InChI=1S/C14H20N4O2S/c1-3-9-15-11(2)12-4-6-13(7-5-12)18-21(19,20)14-8-10-16-17-14/h4-8,10-11,15,18H,3,9H2,1-2H3,(H,16,17). The highest BCUT2D eigenvalue weighted by atomic mass is 32.2. The van der Waals surface area contributed by atoms with Gasteiger partial charge in [-0.2, -0.15) is 13.5 Å². The maximum absolute atomic E-state index is 12.0. The Kier molecular flexibility index (Phi) is 4.98. The third-order valence-corrected chi connectivity index (χ3v) is 4.44. The van der Waals surface area contributed by atoms with Crippen LogP contribution < -0.4 is 10.0 Å². The van der Waals surface area contributed by atoms with Crippen LogP contribution in [0.2, 0.25) is 0 Å². The van der Waals surface area contributed by atoms with Gasteiger partial charge < -0.3 is 5.32 Å². The van der Waals surface area contributed by atoms with E-state index in [-0.39, 0.29) is 11.1 Å². The van der Waals surface area contributed by atoms with Crippen LogP contribution in [-0.4, -0.2) is 25.2 Å². The highest BCUT2D eigenvalue weighted by molar-refractivity contribution is 7.92. The van der Waals surface area contributed by atoms with E-state index in [0.29, 0.717) is 5.69 Å². The molecule has 0 saturated heterocycles. The maximum Gasteiger partial charge on any atom is 0.278 e. The first kappa shape index (κ1) is 15.5. The Morgan fingerprint density at radius 1 is 1.24 bits per heavy atom. The van der Waals surface area contributed by atoms with Crippen molar-refractivity contribution in [2.45, 2.75) is 31.3 Å². The molecule has 0 bridgehead atoms. The fraction of sp³-hybridized carbons (Fsp3) is 0.357. The van der Waals surface area contributed by atoms with Crippen molar-refractivity contribution in [2.75, 3.05) is 11.3 Å². The highest BCUT2D eigenvalue weighted by Crippen LogP contribution is 2.18. The molecular formula is C14H20N4O2S. The van der Waals surface area contributed by atoms with Gasteiger partial charge in [-0.05, 0) is 43.7 Å². The summed E-state index contributed by atoms with van der Waals surface area (Å²) in [5, 5.41) is 9.52. The molecule has 0 aliphatic rings. The van der Waals surface area contributed by atoms with Crippen LogP contribution in [0.4, 0.5) is 5.69 Å². The zero-order chi connectivity index (χ0) is 15.3. The Morgan fingerprint density at radius 3 is 2.52 bits per heavy atom. The molecule has 1 aromatic carbocycles. The van der Waals surface area contributed by atoms with Crippen molar-refractivity contribution in [1.29, 1.82) is 0 Å². The molecule has 2 aromatic rings. The second kappa shape index (κ2) is 6.73. The Hall–Kier alpha value is -1.86. The van der Waals surface area contributed by atoms with Crippen LogP contribution in [0.3, 0.4) is 0 Å². The van der Waals surface area contributed by atoms with Gasteiger partial charge in [0.05, 0.1) is 6.20 Å². The summed E-state index contributed by atoms with van der Waals surface area (Å²) in [4.78, 5) is 0. The molecule has 0 radical (unpaired) electrons. The van der Waals surface area contributed by atoms with Crippen molar-refractivity contribution in [3.05, 3.63) is 42.1 Å². The molecule has 6 nitrogen and oxygen atoms in total. The first-order valence-corrected chi connectivity index (χ1v) is 8.37. The van der Waals surface area contributed by atoms with E-state index in [1.54, 1.807) is 12.1 Å². The summed E-state index contributed by atoms with van der Waals surface area (Å²) in [6.07, 6.45) is 2.48. The highest BCUT2D eigenvalue weighted by Gasteiger charge is 2.15. The Morgan fingerprint density at radius 2 is 1.95 bits per heavy atom. The molecule has 7 heteroatoms. The first-order valence-electron chi connectivity index (χ1n) is 6.88. The third-order valence-electron chi connectivity index (χ3n) is 3.13. The maximum atomic E-state index is 12.0.